The molecule has 20 heavy (non-hydrogen) atoms. The van der Waals surface area contributed by atoms with Gasteiger partial charge in [-0.3, -0.25) is 4.79 Å². The first-order valence-electron chi connectivity index (χ1n) is 6.88. The molecule has 0 bridgehead atoms. The molecule has 1 amide bonds. The van der Waals surface area contributed by atoms with Crippen molar-refractivity contribution in [1.82, 2.24) is 10.2 Å². The van der Waals surface area contributed by atoms with Crippen LogP contribution in [0.3, 0.4) is 0 Å². The number of benzene rings is 1. The largest absolute Gasteiger partial charge is 0.497 e. The van der Waals surface area contributed by atoms with Gasteiger partial charge in [0, 0.05) is 19.1 Å². The van der Waals surface area contributed by atoms with E-state index in [1.54, 1.807) is 32.4 Å². The Labute approximate surface area is 119 Å². The number of likely N-dealkylation sites (N-methyl/N-ethyl adjacent to an activating group) is 1. The SMILES string of the molecule is CNCC1CCCN1C(=O)c1cc(OC)ccc1OC. The Bertz CT molecular complexity index is 476. The van der Waals surface area contributed by atoms with Gasteiger partial charge in [0.15, 0.2) is 0 Å². The molecule has 5 heteroatoms. The molecule has 1 aromatic rings. The highest BCUT2D eigenvalue weighted by atomic mass is 16.5. The quantitative estimate of drug-likeness (QED) is 0.887. The van der Waals surface area contributed by atoms with Crippen LogP contribution in [0.25, 0.3) is 0 Å². The Balaban J connectivity index is 2.27. The fraction of sp³-hybridized carbons (Fsp3) is 0.533. The van der Waals surface area contributed by atoms with Crippen LogP contribution in [0.1, 0.15) is 23.2 Å². The van der Waals surface area contributed by atoms with Crippen molar-refractivity contribution in [3.8, 4) is 11.5 Å². The maximum absolute atomic E-state index is 12.7. The average Bonchev–Trinajstić information content (AvgIpc) is 2.94. The van der Waals surface area contributed by atoms with Crippen molar-refractivity contribution in [1.29, 1.82) is 0 Å². The van der Waals surface area contributed by atoms with Crippen LogP contribution in [-0.2, 0) is 0 Å². The predicted octanol–water partition coefficient (Wildman–Crippen LogP) is 1.53. The first-order chi connectivity index (χ1) is 9.71. The van der Waals surface area contributed by atoms with Crippen LogP contribution in [0.4, 0.5) is 0 Å². The Morgan fingerprint density at radius 3 is 2.85 bits per heavy atom. The summed E-state index contributed by atoms with van der Waals surface area (Å²) in [5, 5.41) is 3.15. The summed E-state index contributed by atoms with van der Waals surface area (Å²) in [5.41, 5.74) is 0.565. The third kappa shape index (κ3) is 2.88. The van der Waals surface area contributed by atoms with Gasteiger partial charge in [0.2, 0.25) is 0 Å². The third-order valence-corrected chi connectivity index (χ3v) is 3.71. The lowest BCUT2D eigenvalue weighted by molar-refractivity contribution is 0.0733. The summed E-state index contributed by atoms with van der Waals surface area (Å²) in [6, 6.07) is 5.57. The van der Waals surface area contributed by atoms with E-state index in [1.807, 2.05) is 11.9 Å². The summed E-state index contributed by atoms with van der Waals surface area (Å²) >= 11 is 0. The van der Waals surface area contributed by atoms with Gasteiger partial charge in [-0.2, -0.15) is 0 Å². The van der Waals surface area contributed by atoms with E-state index in [1.165, 1.54) is 0 Å². The molecule has 0 saturated carbocycles. The first-order valence-corrected chi connectivity index (χ1v) is 6.88. The van der Waals surface area contributed by atoms with Crippen LogP contribution in [0.15, 0.2) is 18.2 Å². The lowest BCUT2D eigenvalue weighted by Gasteiger charge is -2.25. The van der Waals surface area contributed by atoms with Gasteiger partial charge in [0.1, 0.15) is 11.5 Å². The number of hydrogen-bond acceptors (Lipinski definition) is 4. The van der Waals surface area contributed by atoms with Crippen molar-refractivity contribution in [2.24, 2.45) is 0 Å². The monoisotopic (exact) mass is 278 g/mol. The molecule has 110 valence electrons. The zero-order valence-corrected chi connectivity index (χ0v) is 12.3. The Hall–Kier alpha value is -1.75. The van der Waals surface area contributed by atoms with Crippen LogP contribution < -0.4 is 14.8 Å². The molecule has 1 fully saturated rings. The molecule has 1 atom stereocenters. The molecule has 1 N–H and O–H groups in total. The minimum atomic E-state index is 0.0125. The number of methoxy groups -OCH3 is 2. The summed E-state index contributed by atoms with van der Waals surface area (Å²) in [6.45, 7) is 1.61. The summed E-state index contributed by atoms with van der Waals surface area (Å²) in [6.07, 6.45) is 2.09. The van der Waals surface area contributed by atoms with E-state index in [2.05, 4.69) is 5.32 Å². The molecule has 1 saturated heterocycles. The van der Waals surface area contributed by atoms with Gasteiger partial charge in [-0.05, 0) is 38.1 Å². The van der Waals surface area contributed by atoms with E-state index in [9.17, 15) is 4.79 Å². The smallest absolute Gasteiger partial charge is 0.258 e. The second-order valence-electron chi connectivity index (χ2n) is 4.92. The molecule has 1 unspecified atom stereocenters. The van der Waals surface area contributed by atoms with Crippen LogP contribution in [0.2, 0.25) is 0 Å². The van der Waals surface area contributed by atoms with E-state index in [-0.39, 0.29) is 11.9 Å². The molecule has 1 aliphatic rings. The van der Waals surface area contributed by atoms with Crippen molar-refractivity contribution in [3.05, 3.63) is 23.8 Å². The molecule has 1 aliphatic heterocycles. The lowest BCUT2D eigenvalue weighted by Crippen LogP contribution is -2.40. The molecule has 0 aromatic heterocycles. The molecule has 5 nitrogen and oxygen atoms in total. The third-order valence-electron chi connectivity index (χ3n) is 3.71. The highest BCUT2D eigenvalue weighted by Gasteiger charge is 2.30. The number of amides is 1. The second kappa shape index (κ2) is 6.61. The molecule has 0 aliphatic carbocycles. The maximum Gasteiger partial charge on any atom is 0.258 e. The minimum absolute atomic E-state index is 0.0125. The molecule has 1 aromatic carbocycles. The topological polar surface area (TPSA) is 50.8 Å². The van der Waals surface area contributed by atoms with Crippen molar-refractivity contribution in [2.45, 2.75) is 18.9 Å². The second-order valence-corrected chi connectivity index (χ2v) is 4.92. The summed E-state index contributed by atoms with van der Waals surface area (Å²) < 4.78 is 10.5. The Morgan fingerprint density at radius 1 is 1.40 bits per heavy atom. The van der Waals surface area contributed by atoms with Gasteiger partial charge in [-0.15, -0.1) is 0 Å². The van der Waals surface area contributed by atoms with Gasteiger partial charge in [-0.1, -0.05) is 0 Å². The Kier molecular flexibility index (Phi) is 4.84. The van der Waals surface area contributed by atoms with E-state index in [0.717, 1.165) is 25.9 Å². The number of carbonyl (C=O) groups is 1. The van der Waals surface area contributed by atoms with Crippen molar-refractivity contribution >= 4 is 5.91 Å². The number of nitrogens with one attached hydrogen (secondary N) is 1. The fourth-order valence-corrected chi connectivity index (χ4v) is 2.69. The maximum atomic E-state index is 12.7. The van der Waals surface area contributed by atoms with Gasteiger partial charge in [-0.25, -0.2) is 0 Å². The first kappa shape index (κ1) is 14.7. The van der Waals surface area contributed by atoms with Gasteiger partial charge < -0.3 is 19.7 Å². The molecule has 1 heterocycles. The van der Waals surface area contributed by atoms with Crippen molar-refractivity contribution in [3.63, 3.8) is 0 Å². The Morgan fingerprint density at radius 2 is 2.20 bits per heavy atom. The zero-order chi connectivity index (χ0) is 14.5. The normalized spacial score (nSPS) is 18.1. The van der Waals surface area contributed by atoms with Crippen LogP contribution >= 0.6 is 0 Å². The summed E-state index contributed by atoms with van der Waals surface area (Å²) in [5.74, 6) is 1.27. The van der Waals surface area contributed by atoms with E-state index in [0.29, 0.717) is 17.1 Å². The van der Waals surface area contributed by atoms with Crippen LogP contribution in [0, 0.1) is 0 Å². The molecular weight excluding hydrogens is 256 g/mol. The number of rotatable bonds is 5. The molecule has 2 rings (SSSR count). The zero-order valence-electron chi connectivity index (χ0n) is 12.3. The summed E-state index contributed by atoms with van der Waals surface area (Å²) in [4.78, 5) is 14.7. The van der Waals surface area contributed by atoms with Crippen molar-refractivity contribution < 1.29 is 14.3 Å². The van der Waals surface area contributed by atoms with Gasteiger partial charge in [0.25, 0.3) is 5.91 Å². The standard InChI is InChI=1S/C15H22N2O3/c1-16-10-11-5-4-8-17(11)15(18)13-9-12(19-2)6-7-14(13)20-3/h6-7,9,11,16H,4-5,8,10H2,1-3H3. The number of nitrogens with zero attached hydrogens (tertiary/aromatic N) is 1. The van der Waals surface area contributed by atoms with E-state index >= 15 is 0 Å². The summed E-state index contributed by atoms with van der Waals surface area (Å²) in [7, 11) is 5.08. The molecule has 0 radical (unpaired) electrons. The fourth-order valence-electron chi connectivity index (χ4n) is 2.69. The van der Waals surface area contributed by atoms with Crippen LogP contribution in [0.5, 0.6) is 11.5 Å². The number of carbonyl (C=O) groups excluding carboxylic acids is 1. The highest BCUT2D eigenvalue weighted by molar-refractivity contribution is 5.97. The molecule has 0 spiro atoms. The number of ether oxygens (including phenoxy) is 2. The van der Waals surface area contributed by atoms with Gasteiger partial charge in [0.05, 0.1) is 19.8 Å². The molecular formula is C15H22N2O3. The van der Waals surface area contributed by atoms with Gasteiger partial charge >= 0.3 is 0 Å². The highest BCUT2D eigenvalue weighted by Crippen LogP contribution is 2.28. The predicted molar refractivity (Wildman–Crippen MR) is 77.5 cm³/mol. The number of likely N-dealkylation sites (tertiary alicyclic amines) is 1. The minimum Gasteiger partial charge on any atom is -0.497 e. The van der Waals surface area contributed by atoms with E-state index < -0.39 is 0 Å². The van der Waals surface area contributed by atoms with E-state index in [4.69, 9.17) is 9.47 Å². The lowest BCUT2D eigenvalue weighted by atomic mass is 10.1. The number of hydrogen-bond donors (Lipinski definition) is 1. The van der Waals surface area contributed by atoms with Crippen molar-refractivity contribution in [2.75, 3.05) is 34.4 Å². The van der Waals surface area contributed by atoms with Crippen LogP contribution in [-0.4, -0.2) is 51.2 Å². The average molecular weight is 278 g/mol.